The fourth-order valence-corrected chi connectivity index (χ4v) is 11.1. The molecule has 6 rings (SSSR count). The molecule has 67 heavy (non-hydrogen) atoms. The maximum Gasteiger partial charge on any atom is 0.248 e. The Bertz CT molecular complexity index is 2420. The Morgan fingerprint density at radius 1 is 1.01 bits per heavy atom. The maximum absolute atomic E-state index is 14.0. The van der Waals surface area contributed by atoms with Crippen LogP contribution in [0.3, 0.4) is 0 Å². The van der Waals surface area contributed by atoms with E-state index in [-0.39, 0.29) is 53.5 Å². The van der Waals surface area contributed by atoms with Crippen LogP contribution in [0.25, 0.3) is 10.4 Å². The van der Waals surface area contributed by atoms with Crippen LogP contribution in [-0.2, 0) is 25.5 Å². The zero-order valence-corrected chi connectivity index (χ0v) is 41.7. The lowest BCUT2D eigenvalue weighted by Crippen LogP contribution is -2.66. The number of aromatic nitrogens is 1. The smallest absolute Gasteiger partial charge is 0.248 e. The number of β-amino-alcohol motifs (C(OH)–C–C–N with tert-alkyl or cyclic N) is 1. The van der Waals surface area contributed by atoms with Crippen molar-refractivity contribution < 1.29 is 33.8 Å². The minimum Gasteiger partial charge on any atom is -0.489 e. The van der Waals surface area contributed by atoms with E-state index >= 15 is 0 Å². The Morgan fingerprint density at radius 3 is 2.31 bits per heavy atom. The quantitative estimate of drug-likeness (QED) is 0.0583. The molecule has 2 heterocycles. The lowest BCUT2D eigenvalue weighted by atomic mass is 9.44. The number of thiazole rings is 1. The van der Waals surface area contributed by atoms with Crippen LogP contribution in [0, 0.1) is 35.0 Å². The summed E-state index contributed by atoms with van der Waals surface area (Å²) < 4.78 is 12.5. The van der Waals surface area contributed by atoms with Crippen molar-refractivity contribution in [2.75, 3.05) is 33.3 Å². The van der Waals surface area contributed by atoms with Crippen LogP contribution in [0.5, 0.6) is 5.75 Å². The lowest BCUT2D eigenvalue weighted by molar-refractivity contribution is -0.196. The third-order valence-corrected chi connectivity index (χ3v) is 15.0. The van der Waals surface area contributed by atoms with Gasteiger partial charge in [0.15, 0.2) is 5.78 Å². The number of aliphatic hydroxyl groups excluding tert-OH is 1. The monoisotopic (exact) mass is 952 g/mol. The molecule has 1 saturated carbocycles. The lowest BCUT2D eigenvalue weighted by Gasteiger charge is -2.63. The van der Waals surface area contributed by atoms with Crippen molar-refractivity contribution in [2.45, 2.75) is 118 Å². The van der Waals surface area contributed by atoms with Crippen molar-refractivity contribution in [3.05, 3.63) is 105 Å². The number of aryl methyl sites for hydroxylation is 1. The van der Waals surface area contributed by atoms with E-state index in [0.717, 1.165) is 46.8 Å². The Morgan fingerprint density at radius 2 is 1.70 bits per heavy atom. The molecule has 1 aliphatic carbocycles. The number of hydrogen-bond acceptors (Lipinski definition) is 11. The van der Waals surface area contributed by atoms with Crippen LogP contribution in [0.4, 0.5) is 0 Å². The predicted molar refractivity (Wildman–Crippen MR) is 261 cm³/mol. The first-order valence-electron chi connectivity index (χ1n) is 23.1. The van der Waals surface area contributed by atoms with E-state index in [2.05, 4.69) is 54.3 Å². The zero-order valence-electron chi connectivity index (χ0n) is 40.1. The number of carbonyl (C=O) groups is 4. The van der Waals surface area contributed by atoms with Crippen LogP contribution in [0.1, 0.15) is 107 Å². The number of halogens is 1. The molecule has 2 fully saturated rings. The number of nitrogens with zero attached hydrogens (tertiary/aromatic N) is 4. The molecule has 0 unspecified atom stereocenters. The summed E-state index contributed by atoms with van der Waals surface area (Å²) in [4.78, 5) is 62.6. The van der Waals surface area contributed by atoms with Gasteiger partial charge in [0, 0.05) is 68.5 Å². The molecule has 3 N–H and O–H groups in total. The minimum atomic E-state index is -1.05. The molecule has 5 atom stereocenters. The van der Waals surface area contributed by atoms with Gasteiger partial charge in [-0.15, -0.1) is 11.3 Å². The Hall–Kier alpha value is -5.17. The number of rotatable bonds is 20. The summed E-state index contributed by atoms with van der Waals surface area (Å²) >= 11 is 7.83. The SMILES string of the molecule is CC(=O)N[C@H](C(=O)N1C[C@H](O)C[C@H]1C(=O)N[C@@H](C)c1ccc(-c2scnc2C)cc1)[C@@H](C)OCCCN(C)CCc1ccc(C(=O)CC2C(C)(C)C(Oc3ccc(C#N)c(Cl)c3)C2(C)C)cc1. The Kier molecular flexibility index (Phi) is 16.7. The molecule has 4 aromatic rings. The number of amides is 3. The summed E-state index contributed by atoms with van der Waals surface area (Å²) in [6.45, 7) is 17.3. The molecule has 3 amide bonds. The molecule has 1 aliphatic heterocycles. The molecule has 0 spiro atoms. The first kappa shape index (κ1) is 51.2. The van der Waals surface area contributed by atoms with E-state index in [1.165, 1.54) is 11.8 Å². The van der Waals surface area contributed by atoms with E-state index in [9.17, 15) is 29.5 Å². The van der Waals surface area contributed by atoms with Gasteiger partial charge in [-0.3, -0.25) is 19.2 Å². The summed E-state index contributed by atoms with van der Waals surface area (Å²) in [5.74, 6) is -0.472. The maximum atomic E-state index is 14.0. The summed E-state index contributed by atoms with van der Waals surface area (Å²) in [6.07, 6.45) is 0.215. The van der Waals surface area contributed by atoms with Crippen molar-refractivity contribution in [1.82, 2.24) is 25.4 Å². The largest absolute Gasteiger partial charge is 0.489 e. The van der Waals surface area contributed by atoms with Crippen molar-refractivity contribution in [3.8, 4) is 22.3 Å². The molecule has 0 radical (unpaired) electrons. The average Bonchev–Trinajstić information content (AvgIpc) is 3.91. The number of likely N-dealkylation sites (N-methyl/N-ethyl adjacent to an activating group) is 1. The van der Waals surface area contributed by atoms with Crippen LogP contribution in [0.15, 0.2) is 72.2 Å². The third-order valence-electron chi connectivity index (χ3n) is 13.7. The van der Waals surface area contributed by atoms with Gasteiger partial charge < -0.3 is 35.0 Å². The Labute approximate surface area is 404 Å². The number of hydrogen-bond donors (Lipinski definition) is 3. The fraction of sp³-hybridized carbons (Fsp3) is 0.500. The molecular weight excluding hydrogens is 888 g/mol. The first-order valence-corrected chi connectivity index (χ1v) is 24.3. The van der Waals surface area contributed by atoms with E-state index in [1.54, 1.807) is 36.5 Å². The molecule has 1 saturated heterocycles. The van der Waals surface area contributed by atoms with E-state index in [0.29, 0.717) is 41.3 Å². The standard InChI is InChI=1S/C52H65ClN6O7S/c1-31(36-15-17-38(18-16-36)47-32(2)55-30-67-47)56-48(63)43-25-40(61)29-59(43)49(64)46(57-34(4)60)33(3)65-24-10-22-58(9)23-21-35-11-13-37(14-12-35)44(62)27-45-51(5,6)50(52(45,7)8)66-41-20-19-39(28-54)42(53)26-41/h11-20,26,30-31,33,40,43,45-46,50,61H,10,21-25,27,29H2,1-9H3,(H,56,63)(H,57,60)/t31-,33+,40+,43-,45?,46-,50?/m0/s1. The topological polar surface area (TPSA) is 174 Å². The second kappa shape index (κ2) is 21.8. The van der Waals surface area contributed by atoms with Crippen LogP contribution in [0.2, 0.25) is 5.02 Å². The number of nitrogens with one attached hydrogen (secondary N) is 2. The summed E-state index contributed by atoms with van der Waals surface area (Å²) in [6, 6.07) is 20.6. The number of ketones is 1. The number of carbonyl (C=O) groups excluding carboxylic acids is 4. The molecule has 15 heteroatoms. The molecule has 0 bridgehead atoms. The molecule has 358 valence electrons. The number of likely N-dealkylation sites (tertiary alicyclic amines) is 1. The highest BCUT2D eigenvalue weighted by Gasteiger charge is 2.63. The average molecular weight is 954 g/mol. The highest BCUT2D eigenvalue weighted by Crippen LogP contribution is 2.61. The minimum absolute atomic E-state index is 0.0340. The fourth-order valence-electron chi connectivity index (χ4n) is 10.1. The number of Topliss-reactive ketones (excluding diaryl/α,β-unsaturated/α-hetero) is 1. The molecule has 1 aromatic heterocycles. The molecule has 2 aliphatic rings. The van der Waals surface area contributed by atoms with Crippen LogP contribution < -0.4 is 15.4 Å². The van der Waals surface area contributed by atoms with Gasteiger partial charge >= 0.3 is 0 Å². The van der Waals surface area contributed by atoms with Crippen LogP contribution >= 0.6 is 22.9 Å². The Balaban J connectivity index is 0.938. The molecule has 13 nitrogen and oxygen atoms in total. The number of nitriles is 1. The third kappa shape index (κ3) is 12.1. The highest BCUT2D eigenvalue weighted by molar-refractivity contribution is 7.13. The molecular formula is C52H65ClN6O7S. The van der Waals surface area contributed by atoms with Gasteiger partial charge in [0.05, 0.1) is 44.9 Å². The van der Waals surface area contributed by atoms with Crippen molar-refractivity contribution in [3.63, 3.8) is 0 Å². The van der Waals surface area contributed by atoms with Gasteiger partial charge in [-0.05, 0) is 75.4 Å². The second-order valence-corrected chi connectivity index (χ2v) is 20.7. The summed E-state index contributed by atoms with van der Waals surface area (Å²) in [5.41, 5.74) is 6.38. The summed E-state index contributed by atoms with van der Waals surface area (Å²) in [5, 5.41) is 26.0. The molecule has 3 aromatic carbocycles. The zero-order chi connectivity index (χ0) is 48.8. The van der Waals surface area contributed by atoms with Crippen molar-refractivity contribution >= 4 is 46.4 Å². The summed E-state index contributed by atoms with van der Waals surface area (Å²) in [7, 11) is 2.03. The van der Waals surface area contributed by atoms with Crippen molar-refractivity contribution in [2.24, 2.45) is 16.7 Å². The van der Waals surface area contributed by atoms with Gasteiger partial charge in [0.25, 0.3) is 0 Å². The van der Waals surface area contributed by atoms with Gasteiger partial charge in [0.1, 0.15) is 30.0 Å². The first-order chi connectivity index (χ1) is 31.7. The van der Waals surface area contributed by atoms with Crippen LogP contribution in [-0.4, -0.2) is 107 Å². The second-order valence-electron chi connectivity index (χ2n) is 19.4. The van der Waals surface area contributed by atoms with Gasteiger partial charge in [-0.25, -0.2) is 4.98 Å². The normalized spacial score (nSPS) is 20.9. The van der Waals surface area contributed by atoms with Gasteiger partial charge in [0.2, 0.25) is 17.7 Å². The van der Waals surface area contributed by atoms with E-state index in [1.807, 2.05) is 74.9 Å². The highest BCUT2D eigenvalue weighted by atomic mass is 35.5. The number of aliphatic hydroxyl groups is 1. The van der Waals surface area contributed by atoms with Crippen molar-refractivity contribution in [1.29, 1.82) is 5.26 Å². The number of benzene rings is 3. The van der Waals surface area contributed by atoms with E-state index in [4.69, 9.17) is 21.1 Å². The van der Waals surface area contributed by atoms with Gasteiger partial charge in [-0.1, -0.05) is 87.8 Å². The van der Waals surface area contributed by atoms with Gasteiger partial charge in [-0.2, -0.15) is 5.26 Å². The predicted octanol–water partition coefficient (Wildman–Crippen LogP) is 7.96. The number of ether oxygens (including phenoxy) is 2. The van der Waals surface area contributed by atoms with E-state index < -0.39 is 36.1 Å².